The molecular weight excluding hydrogens is 276 g/mol. The van der Waals surface area contributed by atoms with Crippen LogP contribution in [0.4, 0.5) is 4.79 Å². The van der Waals surface area contributed by atoms with E-state index in [2.05, 4.69) is 27.7 Å². The monoisotopic (exact) mass is 298 g/mol. The van der Waals surface area contributed by atoms with E-state index in [9.17, 15) is 4.79 Å². The topological polar surface area (TPSA) is 61.8 Å². The zero-order valence-electron chi connectivity index (χ0n) is 11.7. The standard InChI is InChI=1S/C14H22N2O3S/c1-2-19-14(18)15-12-8-11(13-4-3-7-20-13)9-16(10-12)5-6-17/h3-4,7,11-12,17H,2,5-6,8-10H2,1H3,(H,15,18). The van der Waals surface area contributed by atoms with Crippen LogP contribution in [0, 0.1) is 0 Å². The van der Waals surface area contributed by atoms with Gasteiger partial charge in [0.05, 0.1) is 13.2 Å². The number of likely N-dealkylation sites (tertiary alicyclic amines) is 1. The summed E-state index contributed by atoms with van der Waals surface area (Å²) in [5.74, 6) is 0.405. The number of aliphatic hydroxyl groups is 1. The summed E-state index contributed by atoms with van der Waals surface area (Å²) in [5.41, 5.74) is 0. The summed E-state index contributed by atoms with van der Waals surface area (Å²) in [4.78, 5) is 15.1. The lowest BCUT2D eigenvalue weighted by atomic mass is 9.93. The maximum Gasteiger partial charge on any atom is 0.407 e. The SMILES string of the molecule is CCOC(=O)NC1CC(c2cccs2)CN(CCO)C1. The lowest BCUT2D eigenvalue weighted by Gasteiger charge is -2.37. The Labute approximate surface area is 123 Å². The number of rotatable bonds is 5. The molecule has 1 saturated heterocycles. The number of amides is 1. The van der Waals surface area contributed by atoms with Crippen molar-refractivity contribution in [2.24, 2.45) is 0 Å². The Morgan fingerprint density at radius 3 is 3.10 bits per heavy atom. The van der Waals surface area contributed by atoms with Crippen molar-refractivity contribution >= 4 is 17.4 Å². The molecular formula is C14H22N2O3S. The highest BCUT2D eigenvalue weighted by molar-refractivity contribution is 7.10. The van der Waals surface area contributed by atoms with Crippen LogP contribution in [0.3, 0.4) is 0 Å². The summed E-state index contributed by atoms with van der Waals surface area (Å²) in [5, 5.41) is 14.1. The lowest BCUT2D eigenvalue weighted by molar-refractivity contribution is 0.119. The summed E-state index contributed by atoms with van der Waals surface area (Å²) in [6.45, 7) is 4.66. The minimum Gasteiger partial charge on any atom is -0.450 e. The summed E-state index contributed by atoms with van der Waals surface area (Å²) < 4.78 is 4.95. The second-order valence-electron chi connectivity index (χ2n) is 4.99. The molecule has 1 aliphatic heterocycles. The molecule has 1 aromatic heterocycles. The molecule has 1 aliphatic rings. The Balaban J connectivity index is 1.99. The van der Waals surface area contributed by atoms with Crippen molar-refractivity contribution in [2.45, 2.75) is 25.3 Å². The zero-order chi connectivity index (χ0) is 14.4. The van der Waals surface area contributed by atoms with Crippen molar-refractivity contribution in [3.8, 4) is 0 Å². The first-order chi connectivity index (χ1) is 9.72. The molecule has 0 spiro atoms. The number of alkyl carbamates (subject to hydrolysis) is 1. The second-order valence-corrected chi connectivity index (χ2v) is 5.97. The van der Waals surface area contributed by atoms with Crippen molar-refractivity contribution in [2.75, 3.05) is 32.8 Å². The minimum absolute atomic E-state index is 0.0708. The van der Waals surface area contributed by atoms with Gasteiger partial charge in [-0.2, -0.15) is 0 Å². The Bertz CT molecular complexity index is 411. The molecule has 6 heteroatoms. The fourth-order valence-electron chi connectivity index (χ4n) is 2.69. The Kier molecular flexibility index (Phi) is 5.82. The highest BCUT2D eigenvalue weighted by atomic mass is 32.1. The van der Waals surface area contributed by atoms with Gasteiger partial charge in [-0.05, 0) is 24.8 Å². The first-order valence-electron chi connectivity index (χ1n) is 7.02. The van der Waals surface area contributed by atoms with Crippen LogP contribution < -0.4 is 5.32 Å². The normalized spacial score (nSPS) is 23.5. The first-order valence-corrected chi connectivity index (χ1v) is 7.90. The third-order valence-corrected chi connectivity index (χ3v) is 4.52. The minimum atomic E-state index is -0.353. The van der Waals surface area contributed by atoms with Gasteiger partial charge in [0.1, 0.15) is 0 Å². The number of carbonyl (C=O) groups is 1. The fraction of sp³-hybridized carbons (Fsp3) is 0.643. The number of β-amino-alcohol motifs (C(OH)–C–C–N with tert-alkyl or cyclic N) is 1. The Morgan fingerprint density at radius 2 is 2.45 bits per heavy atom. The smallest absolute Gasteiger partial charge is 0.407 e. The molecule has 20 heavy (non-hydrogen) atoms. The van der Waals surface area contributed by atoms with Gasteiger partial charge in [0.2, 0.25) is 0 Å². The molecule has 0 saturated carbocycles. The van der Waals surface area contributed by atoms with E-state index in [-0.39, 0.29) is 18.7 Å². The largest absolute Gasteiger partial charge is 0.450 e. The van der Waals surface area contributed by atoms with E-state index in [4.69, 9.17) is 9.84 Å². The number of thiophene rings is 1. The van der Waals surface area contributed by atoms with Gasteiger partial charge in [-0.3, -0.25) is 4.90 Å². The van der Waals surface area contributed by atoms with E-state index in [1.807, 2.05) is 0 Å². The Hall–Kier alpha value is -1.11. The zero-order valence-corrected chi connectivity index (χ0v) is 12.6. The highest BCUT2D eigenvalue weighted by Gasteiger charge is 2.29. The number of aliphatic hydroxyl groups excluding tert-OH is 1. The van der Waals surface area contributed by atoms with Gasteiger partial charge in [0, 0.05) is 36.5 Å². The third kappa shape index (κ3) is 4.19. The van der Waals surface area contributed by atoms with E-state index in [1.165, 1.54) is 4.88 Å². The number of ether oxygens (including phenoxy) is 1. The molecule has 2 heterocycles. The molecule has 1 fully saturated rings. The highest BCUT2D eigenvalue weighted by Crippen LogP contribution is 2.30. The van der Waals surface area contributed by atoms with Crippen molar-refractivity contribution in [3.05, 3.63) is 22.4 Å². The van der Waals surface area contributed by atoms with Crippen molar-refractivity contribution < 1.29 is 14.6 Å². The van der Waals surface area contributed by atoms with Crippen LogP contribution >= 0.6 is 11.3 Å². The average molecular weight is 298 g/mol. The van der Waals surface area contributed by atoms with E-state index in [0.29, 0.717) is 19.1 Å². The van der Waals surface area contributed by atoms with Gasteiger partial charge in [-0.1, -0.05) is 6.07 Å². The number of carbonyl (C=O) groups excluding carboxylic acids is 1. The quantitative estimate of drug-likeness (QED) is 0.867. The third-order valence-electron chi connectivity index (χ3n) is 3.49. The van der Waals surface area contributed by atoms with Crippen molar-refractivity contribution in [3.63, 3.8) is 0 Å². The molecule has 5 nitrogen and oxygen atoms in total. The fourth-order valence-corrected chi connectivity index (χ4v) is 3.52. The van der Waals surface area contributed by atoms with Gasteiger partial charge in [0.25, 0.3) is 0 Å². The summed E-state index contributed by atoms with van der Waals surface area (Å²) in [6, 6.07) is 4.26. The predicted octanol–water partition coefficient (Wildman–Crippen LogP) is 1.64. The lowest BCUT2D eigenvalue weighted by Crippen LogP contribution is -2.50. The number of hydrogen-bond acceptors (Lipinski definition) is 5. The van der Waals surface area contributed by atoms with Crippen LogP contribution in [0.1, 0.15) is 24.1 Å². The van der Waals surface area contributed by atoms with E-state index >= 15 is 0 Å². The molecule has 0 radical (unpaired) electrons. The summed E-state index contributed by atoms with van der Waals surface area (Å²) in [7, 11) is 0. The van der Waals surface area contributed by atoms with Crippen LogP contribution in [0.2, 0.25) is 0 Å². The predicted molar refractivity (Wildman–Crippen MR) is 79.1 cm³/mol. The van der Waals surface area contributed by atoms with Gasteiger partial charge in [-0.15, -0.1) is 11.3 Å². The van der Waals surface area contributed by atoms with Crippen molar-refractivity contribution in [1.82, 2.24) is 10.2 Å². The van der Waals surface area contributed by atoms with E-state index < -0.39 is 0 Å². The van der Waals surface area contributed by atoms with Crippen LogP contribution in [0.25, 0.3) is 0 Å². The molecule has 2 atom stereocenters. The average Bonchev–Trinajstić information content (AvgIpc) is 2.93. The number of nitrogens with zero attached hydrogens (tertiary/aromatic N) is 1. The molecule has 112 valence electrons. The number of nitrogens with one attached hydrogen (secondary N) is 1. The van der Waals surface area contributed by atoms with Gasteiger partial charge < -0.3 is 15.2 Å². The molecule has 2 unspecified atom stereocenters. The molecule has 0 aromatic carbocycles. The maximum absolute atomic E-state index is 11.6. The summed E-state index contributed by atoms with van der Waals surface area (Å²) in [6.07, 6.45) is 0.564. The second kappa shape index (κ2) is 7.61. The number of piperidine rings is 1. The van der Waals surface area contributed by atoms with Gasteiger partial charge in [0.15, 0.2) is 0 Å². The van der Waals surface area contributed by atoms with Gasteiger partial charge in [-0.25, -0.2) is 4.79 Å². The Morgan fingerprint density at radius 1 is 1.60 bits per heavy atom. The van der Waals surface area contributed by atoms with Gasteiger partial charge >= 0.3 is 6.09 Å². The van der Waals surface area contributed by atoms with E-state index in [0.717, 1.165) is 19.5 Å². The molecule has 0 aliphatic carbocycles. The van der Waals surface area contributed by atoms with Crippen LogP contribution in [0.5, 0.6) is 0 Å². The molecule has 1 amide bonds. The molecule has 1 aromatic rings. The number of hydrogen-bond donors (Lipinski definition) is 2. The molecule has 2 rings (SSSR count). The maximum atomic E-state index is 11.6. The summed E-state index contributed by atoms with van der Waals surface area (Å²) >= 11 is 1.75. The molecule has 2 N–H and O–H groups in total. The van der Waals surface area contributed by atoms with Crippen molar-refractivity contribution in [1.29, 1.82) is 0 Å². The van der Waals surface area contributed by atoms with Crippen LogP contribution in [0.15, 0.2) is 17.5 Å². The van der Waals surface area contributed by atoms with Crippen LogP contribution in [-0.2, 0) is 4.74 Å². The van der Waals surface area contributed by atoms with E-state index in [1.54, 1.807) is 18.3 Å². The first kappa shape index (κ1) is 15.3. The van der Waals surface area contributed by atoms with Crippen LogP contribution in [-0.4, -0.2) is 55.0 Å². The molecule has 0 bridgehead atoms.